The summed E-state index contributed by atoms with van der Waals surface area (Å²) in [5.41, 5.74) is 2.27. The Hall–Kier alpha value is -0.810. The molecule has 2 rings (SSSR count). The van der Waals surface area contributed by atoms with E-state index < -0.39 is 0 Å². The van der Waals surface area contributed by atoms with Crippen LogP contribution >= 0.6 is 11.6 Å². The van der Waals surface area contributed by atoms with Gasteiger partial charge in [-0.15, -0.1) is 0 Å². The number of β-amino-alcohol motifs (C(OH)–C–C–N with tert-alkyl or cyclic N) is 1. The molecule has 21 heavy (non-hydrogen) atoms. The van der Waals surface area contributed by atoms with E-state index in [1.54, 1.807) is 0 Å². The third-order valence-corrected chi connectivity index (χ3v) is 4.28. The number of rotatable bonds is 6. The Morgan fingerprint density at radius 1 is 1.43 bits per heavy atom. The van der Waals surface area contributed by atoms with Crippen molar-refractivity contribution in [1.82, 2.24) is 10.2 Å². The number of hydrogen-bond acceptors (Lipinski definition) is 4. The van der Waals surface area contributed by atoms with Crippen molar-refractivity contribution in [2.45, 2.75) is 32.0 Å². The molecule has 0 radical (unpaired) electrons. The molecule has 1 heterocycles. The summed E-state index contributed by atoms with van der Waals surface area (Å²) in [4.78, 5) is 4.48. The molecular formula is C16H26ClN3O. The van der Waals surface area contributed by atoms with Crippen molar-refractivity contribution in [1.29, 1.82) is 0 Å². The second-order valence-electron chi connectivity index (χ2n) is 5.98. The standard InChI is InChI=1S/C16H26ClN3O/c1-4-18-9-14-15(17)6-5-7-16(14)20-11-13(21)8-12(20)10-19(2)3/h5-7,12-13,18,21H,4,8-11H2,1-3H3. The van der Waals surface area contributed by atoms with Crippen molar-refractivity contribution in [2.24, 2.45) is 0 Å². The normalized spacial score (nSPS) is 22.3. The highest BCUT2D eigenvalue weighted by Crippen LogP contribution is 2.33. The second-order valence-corrected chi connectivity index (χ2v) is 6.38. The molecule has 0 bridgehead atoms. The van der Waals surface area contributed by atoms with Crippen LogP contribution in [0.1, 0.15) is 18.9 Å². The smallest absolute Gasteiger partial charge is 0.0735 e. The van der Waals surface area contributed by atoms with Crippen molar-refractivity contribution in [3.05, 3.63) is 28.8 Å². The van der Waals surface area contributed by atoms with E-state index in [9.17, 15) is 5.11 Å². The monoisotopic (exact) mass is 311 g/mol. The fraction of sp³-hybridized carbons (Fsp3) is 0.625. The van der Waals surface area contributed by atoms with Gasteiger partial charge in [0.2, 0.25) is 0 Å². The highest BCUT2D eigenvalue weighted by Gasteiger charge is 2.32. The zero-order chi connectivity index (χ0) is 15.4. The van der Waals surface area contributed by atoms with Gasteiger partial charge in [0, 0.05) is 41.9 Å². The van der Waals surface area contributed by atoms with Crippen molar-refractivity contribution in [3.63, 3.8) is 0 Å². The van der Waals surface area contributed by atoms with E-state index in [0.717, 1.165) is 42.3 Å². The molecule has 4 nitrogen and oxygen atoms in total. The minimum absolute atomic E-state index is 0.263. The van der Waals surface area contributed by atoms with Crippen LogP contribution in [0.2, 0.25) is 5.02 Å². The van der Waals surface area contributed by atoms with E-state index in [0.29, 0.717) is 12.6 Å². The molecular weight excluding hydrogens is 286 g/mol. The molecule has 0 aliphatic carbocycles. The Morgan fingerprint density at radius 3 is 2.86 bits per heavy atom. The van der Waals surface area contributed by atoms with Gasteiger partial charge in [-0.2, -0.15) is 0 Å². The van der Waals surface area contributed by atoms with Crippen LogP contribution in [0.3, 0.4) is 0 Å². The molecule has 1 fully saturated rings. The molecule has 0 aromatic heterocycles. The first kappa shape index (κ1) is 16.6. The maximum absolute atomic E-state index is 10.1. The van der Waals surface area contributed by atoms with E-state index in [2.05, 4.69) is 42.2 Å². The molecule has 0 saturated carbocycles. The molecule has 0 amide bonds. The summed E-state index contributed by atoms with van der Waals surface area (Å²) in [6.45, 7) is 5.37. The van der Waals surface area contributed by atoms with Gasteiger partial charge in [0.25, 0.3) is 0 Å². The van der Waals surface area contributed by atoms with Crippen LogP contribution in [-0.4, -0.2) is 55.9 Å². The molecule has 1 saturated heterocycles. The number of nitrogens with zero attached hydrogens (tertiary/aromatic N) is 2. The van der Waals surface area contributed by atoms with Gasteiger partial charge in [-0.05, 0) is 39.2 Å². The number of hydrogen-bond donors (Lipinski definition) is 2. The van der Waals surface area contributed by atoms with E-state index in [4.69, 9.17) is 11.6 Å². The first-order chi connectivity index (χ1) is 10.0. The van der Waals surface area contributed by atoms with Gasteiger partial charge in [-0.3, -0.25) is 0 Å². The lowest BCUT2D eigenvalue weighted by Crippen LogP contribution is -2.38. The van der Waals surface area contributed by atoms with Crippen LogP contribution in [0.15, 0.2) is 18.2 Å². The fourth-order valence-electron chi connectivity index (χ4n) is 3.02. The lowest BCUT2D eigenvalue weighted by molar-refractivity contribution is 0.191. The lowest BCUT2D eigenvalue weighted by atomic mass is 10.1. The van der Waals surface area contributed by atoms with Crippen molar-refractivity contribution < 1.29 is 5.11 Å². The maximum Gasteiger partial charge on any atom is 0.0735 e. The first-order valence-corrected chi connectivity index (χ1v) is 7.98. The zero-order valence-corrected chi connectivity index (χ0v) is 13.9. The zero-order valence-electron chi connectivity index (χ0n) is 13.1. The topological polar surface area (TPSA) is 38.7 Å². The quantitative estimate of drug-likeness (QED) is 0.842. The average molecular weight is 312 g/mol. The van der Waals surface area contributed by atoms with Crippen LogP contribution in [-0.2, 0) is 6.54 Å². The molecule has 0 spiro atoms. The molecule has 118 valence electrons. The summed E-state index contributed by atoms with van der Waals surface area (Å²) in [6, 6.07) is 6.36. The number of nitrogens with one attached hydrogen (secondary N) is 1. The number of benzene rings is 1. The lowest BCUT2D eigenvalue weighted by Gasteiger charge is -2.31. The van der Waals surface area contributed by atoms with Gasteiger partial charge in [-0.25, -0.2) is 0 Å². The number of halogens is 1. The Balaban J connectivity index is 2.28. The number of aliphatic hydroxyl groups is 1. The summed E-state index contributed by atoms with van der Waals surface area (Å²) >= 11 is 6.39. The Kier molecular flexibility index (Phi) is 5.88. The molecule has 2 N–H and O–H groups in total. The molecule has 1 aliphatic heterocycles. The summed E-state index contributed by atoms with van der Waals surface area (Å²) in [6.07, 6.45) is 0.548. The van der Waals surface area contributed by atoms with Crippen LogP contribution in [0.25, 0.3) is 0 Å². The molecule has 1 aliphatic rings. The largest absolute Gasteiger partial charge is 0.391 e. The van der Waals surface area contributed by atoms with Crippen molar-refractivity contribution >= 4 is 17.3 Å². The summed E-state index contributed by atoms with van der Waals surface area (Å²) < 4.78 is 0. The van der Waals surface area contributed by atoms with Gasteiger partial charge < -0.3 is 20.2 Å². The first-order valence-electron chi connectivity index (χ1n) is 7.60. The van der Waals surface area contributed by atoms with Gasteiger partial charge in [0.05, 0.1) is 6.10 Å². The second kappa shape index (κ2) is 7.45. The van der Waals surface area contributed by atoms with Crippen LogP contribution in [0.5, 0.6) is 0 Å². The van der Waals surface area contributed by atoms with Gasteiger partial charge >= 0.3 is 0 Å². The number of aliphatic hydroxyl groups excluding tert-OH is 1. The fourth-order valence-corrected chi connectivity index (χ4v) is 3.26. The van der Waals surface area contributed by atoms with Gasteiger partial charge in [0.1, 0.15) is 0 Å². The van der Waals surface area contributed by atoms with E-state index in [1.165, 1.54) is 0 Å². The molecule has 2 unspecified atom stereocenters. The highest BCUT2D eigenvalue weighted by molar-refractivity contribution is 6.31. The van der Waals surface area contributed by atoms with E-state index in [-0.39, 0.29) is 6.10 Å². The third kappa shape index (κ3) is 4.10. The van der Waals surface area contributed by atoms with Gasteiger partial charge in [-0.1, -0.05) is 24.6 Å². The molecule has 1 aromatic rings. The molecule has 1 aromatic carbocycles. The SMILES string of the molecule is CCNCc1c(Cl)cccc1N1CC(O)CC1CN(C)C. The minimum atomic E-state index is -0.263. The van der Waals surface area contributed by atoms with Gasteiger partial charge in [0.15, 0.2) is 0 Å². The van der Waals surface area contributed by atoms with Crippen molar-refractivity contribution in [3.8, 4) is 0 Å². The average Bonchev–Trinajstić information content (AvgIpc) is 2.77. The Bertz CT molecular complexity index is 467. The van der Waals surface area contributed by atoms with Crippen LogP contribution in [0.4, 0.5) is 5.69 Å². The van der Waals surface area contributed by atoms with E-state index >= 15 is 0 Å². The molecule has 2 atom stereocenters. The molecule has 5 heteroatoms. The predicted molar refractivity (Wildman–Crippen MR) is 89.1 cm³/mol. The summed E-state index contributed by atoms with van der Waals surface area (Å²) in [5.74, 6) is 0. The number of anilines is 1. The summed E-state index contributed by atoms with van der Waals surface area (Å²) in [7, 11) is 4.14. The Labute approximate surface area is 132 Å². The number of likely N-dealkylation sites (N-methyl/N-ethyl adjacent to an activating group) is 1. The third-order valence-electron chi connectivity index (χ3n) is 3.92. The van der Waals surface area contributed by atoms with Crippen LogP contribution < -0.4 is 10.2 Å². The minimum Gasteiger partial charge on any atom is -0.391 e. The Morgan fingerprint density at radius 2 is 2.19 bits per heavy atom. The predicted octanol–water partition coefficient (Wildman–Crippen LogP) is 1.95. The van der Waals surface area contributed by atoms with Crippen LogP contribution in [0, 0.1) is 0 Å². The summed E-state index contributed by atoms with van der Waals surface area (Å²) in [5, 5.41) is 14.2. The maximum atomic E-state index is 10.1. The van der Waals surface area contributed by atoms with Crippen molar-refractivity contribution in [2.75, 3.05) is 38.6 Å². The highest BCUT2D eigenvalue weighted by atomic mass is 35.5. The van der Waals surface area contributed by atoms with E-state index in [1.807, 2.05) is 12.1 Å².